The van der Waals surface area contributed by atoms with Crippen molar-refractivity contribution in [2.45, 2.75) is 17.2 Å². The average Bonchev–Trinajstić information content (AvgIpc) is 2.89. The molecule has 0 amide bonds. The first-order chi connectivity index (χ1) is 9.42. The Bertz CT molecular complexity index is 712. The number of hydrogen-bond acceptors (Lipinski definition) is 6. The highest BCUT2D eigenvalue weighted by molar-refractivity contribution is 7.91. The summed E-state index contributed by atoms with van der Waals surface area (Å²) in [5.41, 5.74) is 1.25. The average molecular weight is 313 g/mol. The lowest BCUT2D eigenvalue weighted by molar-refractivity contribution is 0.0687. The minimum absolute atomic E-state index is 0.312. The third-order valence-corrected chi connectivity index (χ3v) is 5.36. The van der Waals surface area contributed by atoms with Crippen molar-refractivity contribution < 1.29 is 18.3 Å². The van der Waals surface area contributed by atoms with E-state index >= 15 is 0 Å². The molecule has 106 valence electrons. The van der Waals surface area contributed by atoms with Gasteiger partial charge in [-0.1, -0.05) is 6.07 Å². The Labute approximate surface area is 119 Å². The zero-order valence-corrected chi connectivity index (χ0v) is 12.0. The summed E-state index contributed by atoms with van der Waals surface area (Å²) < 4.78 is 26.4. The van der Waals surface area contributed by atoms with Crippen LogP contribution in [0.4, 0.5) is 0 Å². The number of hydrogen-bond donors (Lipinski definition) is 2. The number of rotatable bonds is 5. The summed E-state index contributed by atoms with van der Waals surface area (Å²) in [7, 11) is -3.95. The highest BCUT2D eigenvalue weighted by atomic mass is 32.2. The summed E-state index contributed by atoms with van der Waals surface area (Å²) in [6, 6.07) is 4.56. The zero-order valence-electron chi connectivity index (χ0n) is 10.3. The van der Waals surface area contributed by atoms with E-state index in [1.807, 2.05) is 0 Å². The Morgan fingerprint density at radius 2 is 2.15 bits per heavy atom. The van der Waals surface area contributed by atoms with Crippen LogP contribution in [0.1, 0.15) is 29.1 Å². The first kappa shape index (κ1) is 14.6. The van der Waals surface area contributed by atoms with Crippen molar-refractivity contribution in [2.24, 2.45) is 0 Å². The summed E-state index contributed by atoms with van der Waals surface area (Å²) in [6.07, 6.45) is 1.55. The van der Waals surface area contributed by atoms with Gasteiger partial charge in [-0.2, -0.15) is 0 Å². The van der Waals surface area contributed by atoms with Gasteiger partial charge in [-0.3, -0.25) is 4.98 Å². The normalized spacial score (nSPS) is 13.1. The maximum atomic E-state index is 12.2. The number of aromatic carboxylic acids is 1. The Hall–Kier alpha value is -1.84. The van der Waals surface area contributed by atoms with Crippen LogP contribution in [0, 0.1) is 0 Å². The van der Waals surface area contributed by atoms with Crippen LogP contribution in [0.25, 0.3) is 0 Å². The molecule has 0 aliphatic rings. The molecular formula is C11H11N3O4S2. The molecule has 0 aliphatic carbocycles. The lowest BCUT2D eigenvalue weighted by Gasteiger charge is -2.12. The second-order valence-electron chi connectivity index (χ2n) is 3.89. The number of carboxylic acids is 1. The van der Waals surface area contributed by atoms with Gasteiger partial charge in [0.15, 0.2) is 9.90 Å². The van der Waals surface area contributed by atoms with E-state index in [2.05, 4.69) is 14.7 Å². The Balaban J connectivity index is 2.28. The topological polar surface area (TPSA) is 109 Å². The van der Waals surface area contributed by atoms with Gasteiger partial charge in [0.1, 0.15) is 0 Å². The highest BCUT2D eigenvalue weighted by Crippen LogP contribution is 2.22. The summed E-state index contributed by atoms with van der Waals surface area (Å²) in [5.74, 6) is -1.38. The van der Waals surface area contributed by atoms with Crippen LogP contribution in [0.2, 0.25) is 0 Å². The van der Waals surface area contributed by atoms with Crippen molar-refractivity contribution >= 4 is 27.3 Å². The molecule has 20 heavy (non-hydrogen) atoms. The van der Waals surface area contributed by atoms with Crippen LogP contribution in [0.5, 0.6) is 0 Å². The zero-order chi connectivity index (χ0) is 14.8. The molecule has 0 saturated heterocycles. The monoisotopic (exact) mass is 313 g/mol. The molecular weight excluding hydrogens is 302 g/mol. The maximum absolute atomic E-state index is 12.2. The minimum atomic E-state index is -3.95. The molecule has 2 aromatic heterocycles. The number of nitrogens with one attached hydrogen (secondary N) is 1. The highest BCUT2D eigenvalue weighted by Gasteiger charge is 2.27. The van der Waals surface area contributed by atoms with E-state index in [9.17, 15) is 13.2 Å². The number of carbonyl (C=O) groups is 1. The van der Waals surface area contributed by atoms with Crippen LogP contribution < -0.4 is 4.72 Å². The van der Waals surface area contributed by atoms with Crippen molar-refractivity contribution in [3.8, 4) is 0 Å². The maximum Gasteiger partial charge on any atom is 0.356 e. The predicted molar refractivity (Wildman–Crippen MR) is 72.0 cm³/mol. The van der Waals surface area contributed by atoms with Crippen molar-refractivity contribution in [1.82, 2.24) is 14.7 Å². The van der Waals surface area contributed by atoms with Gasteiger partial charge >= 0.3 is 5.97 Å². The Morgan fingerprint density at radius 3 is 2.75 bits per heavy atom. The lowest BCUT2D eigenvalue weighted by Crippen LogP contribution is -2.28. The quantitative estimate of drug-likeness (QED) is 0.860. The molecule has 1 unspecified atom stereocenters. The molecule has 0 saturated carbocycles. The van der Waals surface area contributed by atoms with E-state index < -0.39 is 27.7 Å². The smallest absolute Gasteiger partial charge is 0.356 e. The number of sulfonamides is 1. The second-order valence-corrected chi connectivity index (χ2v) is 6.66. The van der Waals surface area contributed by atoms with Crippen molar-refractivity contribution in [3.63, 3.8) is 0 Å². The predicted octanol–water partition coefficient (Wildman–Crippen LogP) is 1.28. The van der Waals surface area contributed by atoms with Crippen LogP contribution in [0.3, 0.4) is 0 Å². The first-order valence-corrected chi connectivity index (χ1v) is 7.88. The van der Waals surface area contributed by atoms with Crippen LogP contribution in [-0.2, 0) is 10.0 Å². The molecule has 0 spiro atoms. The van der Waals surface area contributed by atoms with Gasteiger partial charge in [0.25, 0.3) is 10.0 Å². The molecule has 9 heteroatoms. The van der Waals surface area contributed by atoms with E-state index in [0.717, 1.165) is 11.3 Å². The fourth-order valence-electron chi connectivity index (χ4n) is 1.55. The van der Waals surface area contributed by atoms with Crippen LogP contribution in [0.15, 0.2) is 34.1 Å². The van der Waals surface area contributed by atoms with E-state index in [1.54, 1.807) is 31.3 Å². The number of nitrogens with zero attached hydrogens (tertiary/aromatic N) is 2. The van der Waals surface area contributed by atoms with Crippen LogP contribution >= 0.6 is 11.3 Å². The van der Waals surface area contributed by atoms with E-state index in [1.165, 1.54) is 5.51 Å². The number of pyridine rings is 1. The molecule has 2 aromatic rings. The number of aromatic nitrogens is 2. The Morgan fingerprint density at radius 1 is 1.40 bits per heavy atom. The molecule has 2 heterocycles. The molecule has 0 aliphatic heterocycles. The summed E-state index contributed by atoms with van der Waals surface area (Å²) >= 11 is 0.759. The second kappa shape index (κ2) is 5.65. The summed E-state index contributed by atoms with van der Waals surface area (Å²) in [6.45, 7) is 1.63. The molecule has 0 radical (unpaired) electrons. The molecule has 0 bridgehead atoms. The van der Waals surface area contributed by atoms with Gasteiger partial charge in [0.2, 0.25) is 0 Å². The third-order valence-electron chi connectivity index (χ3n) is 2.44. The molecule has 2 N–H and O–H groups in total. The molecule has 0 fully saturated rings. The first-order valence-electron chi connectivity index (χ1n) is 5.52. The number of carboxylic acid groups (broad SMARTS) is 1. The lowest BCUT2D eigenvalue weighted by atomic mass is 10.2. The summed E-state index contributed by atoms with van der Waals surface area (Å²) in [5, 5.41) is 8.91. The molecule has 0 aromatic carbocycles. The minimum Gasteiger partial charge on any atom is -0.476 e. The molecule has 2 rings (SSSR count). The SMILES string of the molecule is CC(NS(=O)(=O)c1scnc1C(=O)O)c1ccccn1. The molecule has 7 nitrogen and oxygen atoms in total. The van der Waals surface area contributed by atoms with Gasteiger partial charge in [-0.05, 0) is 19.1 Å². The fraction of sp³-hybridized carbons (Fsp3) is 0.182. The van der Waals surface area contributed by atoms with Crippen molar-refractivity contribution in [2.75, 3.05) is 0 Å². The van der Waals surface area contributed by atoms with Gasteiger partial charge in [-0.25, -0.2) is 22.9 Å². The largest absolute Gasteiger partial charge is 0.476 e. The van der Waals surface area contributed by atoms with Gasteiger partial charge in [0.05, 0.1) is 17.2 Å². The van der Waals surface area contributed by atoms with Crippen molar-refractivity contribution in [3.05, 3.63) is 41.3 Å². The van der Waals surface area contributed by atoms with Gasteiger partial charge in [0, 0.05) is 6.20 Å². The summed E-state index contributed by atoms with van der Waals surface area (Å²) in [4.78, 5) is 18.5. The number of thiazole rings is 1. The van der Waals surface area contributed by atoms with E-state index in [4.69, 9.17) is 5.11 Å². The molecule has 1 atom stereocenters. The third kappa shape index (κ3) is 3.00. The van der Waals surface area contributed by atoms with Crippen LogP contribution in [-0.4, -0.2) is 29.5 Å². The van der Waals surface area contributed by atoms with E-state index in [-0.39, 0.29) is 4.21 Å². The standard InChI is InChI=1S/C11H11N3O4S2/c1-7(8-4-2-3-5-12-8)14-20(17,18)11-9(10(15)16)13-6-19-11/h2-7,14H,1H3,(H,15,16). The van der Waals surface area contributed by atoms with Gasteiger partial charge < -0.3 is 5.11 Å². The van der Waals surface area contributed by atoms with E-state index in [0.29, 0.717) is 5.69 Å². The fourth-order valence-corrected chi connectivity index (χ4v) is 3.92. The van der Waals surface area contributed by atoms with Crippen molar-refractivity contribution in [1.29, 1.82) is 0 Å². The Kier molecular flexibility index (Phi) is 4.12. The van der Waals surface area contributed by atoms with Gasteiger partial charge in [-0.15, -0.1) is 11.3 Å².